The van der Waals surface area contributed by atoms with Crippen LogP contribution in [0.4, 0.5) is 0 Å². The molecule has 0 aromatic rings. The lowest BCUT2D eigenvalue weighted by molar-refractivity contribution is 0.432. The summed E-state index contributed by atoms with van der Waals surface area (Å²) in [6.07, 6.45) is 35.9. The molecule has 0 amide bonds. The molecule has 0 aliphatic carbocycles. The van der Waals surface area contributed by atoms with Gasteiger partial charge in [-0.25, -0.2) is 0 Å². The van der Waals surface area contributed by atoms with Gasteiger partial charge in [0.15, 0.2) is 12.4 Å². The van der Waals surface area contributed by atoms with Crippen LogP contribution in [-0.4, -0.2) is 12.4 Å². The van der Waals surface area contributed by atoms with Gasteiger partial charge in [0.05, 0.1) is 6.42 Å². The first kappa shape index (κ1) is 27.2. The van der Waals surface area contributed by atoms with Crippen molar-refractivity contribution in [2.24, 2.45) is 15.9 Å². The molecule has 0 aromatic carbocycles. The van der Waals surface area contributed by atoms with Crippen LogP contribution in [0.5, 0.6) is 0 Å². The molecule has 0 bridgehead atoms. The highest BCUT2D eigenvalue weighted by Gasteiger charge is 2.14. The van der Waals surface area contributed by atoms with Gasteiger partial charge in [0.25, 0.3) is 0 Å². The average molecular weight is 418 g/mol. The first-order chi connectivity index (χ1) is 14.8. The van der Waals surface area contributed by atoms with Crippen LogP contribution in [0, 0.1) is 12.1 Å². The zero-order chi connectivity index (χ0) is 21.5. The summed E-state index contributed by atoms with van der Waals surface area (Å²) >= 11 is 0. The van der Waals surface area contributed by atoms with Crippen LogP contribution in [0.1, 0.15) is 155 Å². The molecule has 0 N–H and O–H groups in total. The Kier molecular flexibility index (Phi) is 19.5. The number of hydrogen-bond acceptors (Lipinski definition) is 2. The minimum Gasteiger partial charge on any atom is -0.0968 e. The van der Waals surface area contributed by atoms with Crippen LogP contribution in [0.25, 0.3) is 0 Å². The third-order valence-corrected chi connectivity index (χ3v) is 6.66. The van der Waals surface area contributed by atoms with Gasteiger partial charge in [-0.1, -0.05) is 152 Å². The van der Waals surface area contributed by atoms with E-state index in [1.807, 2.05) is 0 Å². The van der Waals surface area contributed by atoms with E-state index in [1.54, 1.807) is 12.4 Å². The smallest absolute Gasteiger partial charge is 0.0968 e. The van der Waals surface area contributed by atoms with Crippen molar-refractivity contribution in [1.29, 1.82) is 0 Å². The fraction of sp³-hybridized carbons (Fsp3) is 0.893. The summed E-state index contributed by atoms with van der Waals surface area (Å²) in [6, 6.07) is 0. The molecule has 1 rings (SSSR count). The van der Waals surface area contributed by atoms with Gasteiger partial charge >= 0.3 is 0 Å². The Morgan fingerprint density at radius 3 is 1.33 bits per heavy atom. The lowest BCUT2D eigenvalue weighted by Crippen LogP contribution is -1.95. The highest BCUT2D eigenvalue weighted by atomic mass is 15.0. The Morgan fingerprint density at radius 1 is 0.533 bits per heavy atom. The lowest BCUT2D eigenvalue weighted by Gasteiger charge is -2.11. The summed E-state index contributed by atoms with van der Waals surface area (Å²) < 4.78 is 0. The fourth-order valence-corrected chi connectivity index (χ4v) is 4.54. The van der Waals surface area contributed by atoms with E-state index < -0.39 is 0 Å². The van der Waals surface area contributed by atoms with Gasteiger partial charge in [0.2, 0.25) is 6.17 Å². The lowest BCUT2D eigenvalue weighted by atomic mass is 9.96. The predicted molar refractivity (Wildman–Crippen MR) is 137 cm³/mol. The maximum Gasteiger partial charge on any atom is 0.240 e. The molecule has 1 heterocycles. The maximum absolute atomic E-state index is 4.24. The van der Waals surface area contributed by atoms with Crippen LogP contribution in [-0.2, 0) is 0 Å². The monoisotopic (exact) mass is 417 g/mol. The second-order valence-corrected chi connectivity index (χ2v) is 9.77. The number of nitrogens with zero attached hydrogens (tertiary/aromatic N) is 2. The molecule has 2 nitrogen and oxygen atoms in total. The summed E-state index contributed by atoms with van der Waals surface area (Å²) in [7, 11) is 0. The molecule has 1 aliphatic rings. The van der Waals surface area contributed by atoms with Gasteiger partial charge < -0.3 is 0 Å². The summed E-state index contributed by atoms with van der Waals surface area (Å²) in [4.78, 5) is 8.49. The minimum atomic E-state index is 0.909. The Morgan fingerprint density at radius 2 is 0.900 bits per heavy atom. The molecule has 1 aliphatic heterocycles. The van der Waals surface area contributed by atoms with Crippen LogP contribution in [0.3, 0.4) is 0 Å². The number of unbranched alkanes of at least 4 members (excludes halogenated alkanes) is 17. The van der Waals surface area contributed by atoms with Crippen molar-refractivity contribution < 1.29 is 0 Å². The molecule has 0 aromatic heterocycles. The molecule has 0 radical (unpaired) electrons. The van der Waals surface area contributed by atoms with Crippen molar-refractivity contribution in [2.75, 3.05) is 0 Å². The summed E-state index contributed by atoms with van der Waals surface area (Å²) in [5, 5.41) is 0. The molecule has 0 spiro atoms. The van der Waals surface area contributed by atoms with Crippen molar-refractivity contribution in [3.8, 4) is 0 Å². The van der Waals surface area contributed by atoms with Crippen LogP contribution in [0.15, 0.2) is 9.98 Å². The van der Waals surface area contributed by atoms with Gasteiger partial charge in [0, 0.05) is 0 Å². The van der Waals surface area contributed by atoms with E-state index >= 15 is 0 Å². The van der Waals surface area contributed by atoms with Crippen LogP contribution in [0.2, 0.25) is 0 Å². The summed E-state index contributed by atoms with van der Waals surface area (Å²) in [6.45, 7) is 4.75. The van der Waals surface area contributed by atoms with Crippen LogP contribution >= 0.6 is 0 Å². The Bertz CT molecular complexity index is 389. The topological polar surface area (TPSA) is 24.7 Å². The van der Waals surface area contributed by atoms with Crippen molar-refractivity contribution in [3.05, 3.63) is 6.17 Å². The SMILES string of the molecule is CCCCCCCCCCCCCCCCCCC(C)CCCCC[C+]1N=CC=N1. The van der Waals surface area contributed by atoms with E-state index in [0.29, 0.717) is 0 Å². The predicted octanol–water partition coefficient (Wildman–Crippen LogP) is 9.87. The van der Waals surface area contributed by atoms with E-state index in [0.717, 1.165) is 18.5 Å². The highest BCUT2D eigenvalue weighted by molar-refractivity contribution is 6.18. The second-order valence-electron chi connectivity index (χ2n) is 9.77. The van der Waals surface area contributed by atoms with E-state index in [1.165, 1.54) is 135 Å². The molecule has 30 heavy (non-hydrogen) atoms. The third-order valence-electron chi connectivity index (χ3n) is 6.66. The van der Waals surface area contributed by atoms with Crippen molar-refractivity contribution in [3.63, 3.8) is 0 Å². The highest BCUT2D eigenvalue weighted by Crippen LogP contribution is 2.21. The molecular formula is C28H53N2+. The average Bonchev–Trinajstić information content (AvgIpc) is 3.27. The third kappa shape index (κ3) is 18.0. The molecule has 1 unspecified atom stereocenters. The zero-order valence-electron chi connectivity index (χ0n) is 20.7. The summed E-state index contributed by atoms with van der Waals surface area (Å²) in [5.41, 5.74) is 0. The maximum atomic E-state index is 4.24. The van der Waals surface area contributed by atoms with E-state index in [-0.39, 0.29) is 0 Å². The first-order valence-corrected chi connectivity index (χ1v) is 13.8. The molecule has 0 saturated heterocycles. The molecule has 0 fully saturated rings. The normalized spacial score (nSPS) is 14.1. The summed E-state index contributed by atoms with van der Waals surface area (Å²) in [5.74, 6) is 0.909. The van der Waals surface area contributed by atoms with Crippen molar-refractivity contribution in [2.45, 2.75) is 155 Å². The van der Waals surface area contributed by atoms with Crippen LogP contribution < -0.4 is 0 Å². The Hall–Kier alpha value is -0.790. The van der Waals surface area contributed by atoms with Crippen molar-refractivity contribution in [1.82, 2.24) is 0 Å². The second kappa shape index (κ2) is 21.4. The van der Waals surface area contributed by atoms with Gasteiger partial charge in [0.1, 0.15) is 0 Å². The molecule has 0 saturated carbocycles. The standard InChI is InChI=1S/C28H53N2/c1-3-4-5-6-7-8-9-10-11-12-13-14-15-16-17-19-22-27(2)23-20-18-21-24-28-29-25-26-30-28/h25-27H,3-24H2,1-2H3/q+1. The van der Waals surface area contributed by atoms with E-state index in [2.05, 4.69) is 23.8 Å². The number of hydrogen-bond donors (Lipinski definition) is 0. The molecular weight excluding hydrogens is 364 g/mol. The molecule has 1 atom stereocenters. The van der Waals surface area contributed by atoms with Gasteiger partial charge in [-0.2, -0.15) is 0 Å². The van der Waals surface area contributed by atoms with E-state index in [9.17, 15) is 0 Å². The number of rotatable bonds is 23. The fourth-order valence-electron chi connectivity index (χ4n) is 4.54. The van der Waals surface area contributed by atoms with Crippen molar-refractivity contribution >= 4 is 12.4 Å². The quantitative estimate of drug-likeness (QED) is 0.117. The minimum absolute atomic E-state index is 0.909. The molecule has 174 valence electrons. The van der Waals surface area contributed by atoms with E-state index in [4.69, 9.17) is 0 Å². The Balaban J connectivity index is 1.69. The van der Waals surface area contributed by atoms with Gasteiger partial charge in [-0.3, -0.25) is 0 Å². The number of aliphatic imine (C=N–C) groups is 2. The molecule has 2 heteroatoms. The largest absolute Gasteiger partial charge is 0.240 e. The van der Waals surface area contributed by atoms with Gasteiger partial charge in [-0.15, -0.1) is 0 Å². The zero-order valence-corrected chi connectivity index (χ0v) is 20.7. The van der Waals surface area contributed by atoms with Gasteiger partial charge in [-0.05, 0) is 12.3 Å². The Labute approximate surface area is 189 Å². The first-order valence-electron chi connectivity index (χ1n) is 13.8.